The summed E-state index contributed by atoms with van der Waals surface area (Å²) in [5.41, 5.74) is 2.03. The van der Waals surface area contributed by atoms with Gasteiger partial charge in [-0.05, 0) is 30.7 Å². The number of amides is 1. The van der Waals surface area contributed by atoms with Gasteiger partial charge in [-0.15, -0.1) is 24.8 Å². The van der Waals surface area contributed by atoms with Crippen LogP contribution in [0.1, 0.15) is 13.3 Å². The van der Waals surface area contributed by atoms with Gasteiger partial charge < -0.3 is 19.9 Å². The van der Waals surface area contributed by atoms with Crippen LogP contribution in [0.25, 0.3) is 10.9 Å². The second kappa shape index (κ2) is 11.3. The Morgan fingerprint density at radius 1 is 1.26 bits per heavy atom. The molecule has 2 N–H and O–H groups in total. The maximum absolute atomic E-state index is 11.8. The number of rotatable bonds is 8. The zero-order chi connectivity index (χ0) is 15.1. The number of aromatic nitrogens is 1. The Morgan fingerprint density at radius 3 is 2.74 bits per heavy atom. The van der Waals surface area contributed by atoms with Crippen LogP contribution in [0.2, 0.25) is 0 Å². The number of hydrogen-bond acceptors (Lipinski definition) is 3. The highest BCUT2D eigenvalue weighted by Crippen LogP contribution is 2.20. The van der Waals surface area contributed by atoms with Crippen LogP contribution in [0, 0.1) is 0 Å². The number of hydrogen-bond donors (Lipinski definition) is 2. The molecule has 0 aliphatic heterocycles. The normalized spacial score (nSPS) is 10.0. The number of nitrogens with zero attached hydrogens (tertiary/aromatic N) is 1. The first-order valence-corrected chi connectivity index (χ1v) is 7.33. The average molecular weight is 362 g/mol. The van der Waals surface area contributed by atoms with E-state index < -0.39 is 0 Å². The van der Waals surface area contributed by atoms with E-state index in [1.165, 1.54) is 5.52 Å². The molecule has 0 bridgehead atoms. The molecular weight excluding hydrogens is 337 g/mol. The standard InChI is InChI=1S/C16H23N3O2.2ClH/c1-3-8-19-9-6-13-11-14(4-5-15(13)19)18-16(20)12-17-7-10-21-2;;/h4-6,9,11,17H,3,7-8,10,12H2,1-2H3,(H,18,20);2*1H. The van der Waals surface area contributed by atoms with Gasteiger partial charge in [-0.25, -0.2) is 0 Å². The van der Waals surface area contributed by atoms with Gasteiger partial charge in [0.05, 0.1) is 13.2 Å². The molecule has 0 saturated heterocycles. The van der Waals surface area contributed by atoms with Gasteiger partial charge in [-0.3, -0.25) is 4.79 Å². The maximum Gasteiger partial charge on any atom is 0.238 e. The third-order valence-corrected chi connectivity index (χ3v) is 3.29. The van der Waals surface area contributed by atoms with Crippen LogP contribution in [0.3, 0.4) is 0 Å². The molecule has 5 nitrogen and oxygen atoms in total. The summed E-state index contributed by atoms with van der Waals surface area (Å²) in [7, 11) is 1.64. The van der Waals surface area contributed by atoms with E-state index in [0.717, 1.165) is 24.0 Å². The van der Waals surface area contributed by atoms with E-state index in [-0.39, 0.29) is 37.3 Å². The molecular formula is C16H25Cl2N3O2. The summed E-state index contributed by atoms with van der Waals surface area (Å²) in [6, 6.07) is 8.09. The van der Waals surface area contributed by atoms with Crippen molar-refractivity contribution >= 4 is 47.3 Å². The number of carbonyl (C=O) groups is 1. The predicted molar refractivity (Wildman–Crippen MR) is 100 cm³/mol. The van der Waals surface area contributed by atoms with E-state index in [1.54, 1.807) is 7.11 Å². The molecule has 0 unspecified atom stereocenters. The van der Waals surface area contributed by atoms with Crippen molar-refractivity contribution in [2.24, 2.45) is 0 Å². The summed E-state index contributed by atoms with van der Waals surface area (Å²) >= 11 is 0. The number of ether oxygens (including phenoxy) is 1. The Balaban J connectivity index is 0.00000242. The van der Waals surface area contributed by atoms with Gasteiger partial charge in [0.15, 0.2) is 0 Å². The lowest BCUT2D eigenvalue weighted by atomic mass is 10.2. The number of methoxy groups -OCH3 is 1. The van der Waals surface area contributed by atoms with Crippen molar-refractivity contribution in [2.75, 3.05) is 32.1 Å². The second-order valence-electron chi connectivity index (χ2n) is 5.00. The Hall–Kier alpha value is -1.27. The van der Waals surface area contributed by atoms with Gasteiger partial charge in [-0.2, -0.15) is 0 Å². The van der Waals surface area contributed by atoms with E-state index in [4.69, 9.17) is 4.74 Å². The third kappa shape index (κ3) is 6.39. The highest BCUT2D eigenvalue weighted by Gasteiger charge is 2.05. The number of carbonyl (C=O) groups excluding carboxylic acids is 1. The van der Waals surface area contributed by atoms with Crippen LogP contribution in [0.5, 0.6) is 0 Å². The fourth-order valence-electron chi connectivity index (χ4n) is 2.30. The van der Waals surface area contributed by atoms with Crippen LogP contribution >= 0.6 is 24.8 Å². The zero-order valence-corrected chi connectivity index (χ0v) is 15.1. The fraction of sp³-hybridized carbons (Fsp3) is 0.438. The van der Waals surface area contributed by atoms with Crippen LogP contribution in [0.15, 0.2) is 30.5 Å². The maximum atomic E-state index is 11.8. The van der Waals surface area contributed by atoms with E-state index in [0.29, 0.717) is 13.2 Å². The zero-order valence-electron chi connectivity index (χ0n) is 13.5. The average Bonchev–Trinajstić information content (AvgIpc) is 2.87. The molecule has 2 rings (SSSR count). The molecule has 0 atom stereocenters. The summed E-state index contributed by atoms with van der Waals surface area (Å²) < 4.78 is 7.15. The van der Waals surface area contributed by atoms with Gasteiger partial charge in [0.25, 0.3) is 0 Å². The summed E-state index contributed by atoms with van der Waals surface area (Å²) in [4.78, 5) is 11.8. The molecule has 23 heavy (non-hydrogen) atoms. The molecule has 0 aliphatic rings. The summed E-state index contributed by atoms with van der Waals surface area (Å²) in [6.07, 6.45) is 3.20. The number of halogens is 2. The lowest BCUT2D eigenvalue weighted by Crippen LogP contribution is -2.30. The first-order chi connectivity index (χ1) is 10.2. The van der Waals surface area contributed by atoms with Crippen LogP contribution in [0.4, 0.5) is 5.69 Å². The fourth-order valence-corrected chi connectivity index (χ4v) is 2.30. The van der Waals surface area contributed by atoms with E-state index in [9.17, 15) is 4.79 Å². The second-order valence-corrected chi connectivity index (χ2v) is 5.00. The number of anilines is 1. The highest BCUT2D eigenvalue weighted by molar-refractivity contribution is 5.95. The lowest BCUT2D eigenvalue weighted by molar-refractivity contribution is -0.115. The number of nitrogens with one attached hydrogen (secondary N) is 2. The molecule has 0 radical (unpaired) electrons. The van der Waals surface area contributed by atoms with Gasteiger partial charge in [0.2, 0.25) is 5.91 Å². The number of fused-ring (bicyclic) bond motifs is 1. The molecule has 0 saturated carbocycles. The van der Waals surface area contributed by atoms with Gasteiger partial charge in [-0.1, -0.05) is 6.92 Å². The van der Waals surface area contributed by atoms with Crippen LogP contribution in [-0.2, 0) is 16.1 Å². The van der Waals surface area contributed by atoms with Crippen molar-refractivity contribution in [2.45, 2.75) is 19.9 Å². The number of aryl methyl sites for hydroxylation is 1. The molecule has 2 aromatic rings. The number of benzene rings is 1. The molecule has 130 valence electrons. The SMILES string of the molecule is CCCn1ccc2cc(NC(=O)CNCCOC)ccc21.Cl.Cl. The van der Waals surface area contributed by atoms with Gasteiger partial charge >= 0.3 is 0 Å². The van der Waals surface area contributed by atoms with Crippen molar-refractivity contribution in [3.8, 4) is 0 Å². The summed E-state index contributed by atoms with van der Waals surface area (Å²) in [5, 5.41) is 7.07. The summed E-state index contributed by atoms with van der Waals surface area (Å²) in [5.74, 6) is -0.0431. The van der Waals surface area contributed by atoms with E-state index >= 15 is 0 Å². The minimum Gasteiger partial charge on any atom is -0.383 e. The van der Waals surface area contributed by atoms with Crippen molar-refractivity contribution < 1.29 is 9.53 Å². The van der Waals surface area contributed by atoms with E-state index in [1.807, 2.05) is 12.1 Å². The molecule has 0 fully saturated rings. The first-order valence-electron chi connectivity index (χ1n) is 7.33. The van der Waals surface area contributed by atoms with Crippen molar-refractivity contribution in [3.63, 3.8) is 0 Å². The quantitative estimate of drug-likeness (QED) is 0.710. The van der Waals surface area contributed by atoms with Crippen molar-refractivity contribution in [3.05, 3.63) is 30.5 Å². The van der Waals surface area contributed by atoms with Crippen LogP contribution in [-0.4, -0.2) is 37.3 Å². The Bertz CT molecular complexity index is 602. The summed E-state index contributed by atoms with van der Waals surface area (Å²) in [6.45, 7) is 4.74. The van der Waals surface area contributed by atoms with Gasteiger partial charge in [0, 0.05) is 43.0 Å². The highest BCUT2D eigenvalue weighted by atomic mass is 35.5. The molecule has 0 aliphatic carbocycles. The lowest BCUT2D eigenvalue weighted by Gasteiger charge is -2.08. The Labute approximate surface area is 149 Å². The van der Waals surface area contributed by atoms with Crippen LogP contribution < -0.4 is 10.6 Å². The Kier molecular flexibility index (Phi) is 10.7. The largest absolute Gasteiger partial charge is 0.383 e. The Morgan fingerprint density at radius 2 is 2.04 bits per heavy atom. The monoisotopic (exact) mass is 361 g/mol. The molecule has 7 heteroatoms. The molecule has 1 aromatic heterocycles. The smallest absolute Gasteiger partial charge is 0.238 e. The molecule has 1 heterocycles. The van der Waals surface area contributed by atoms with Crippen molar-refractivity contribution in [1.29, 1.82) is 0 Å². The topological polar surface area (TPSA) is 55.3 Å². The predicted octanol–water partition coefficient (Wildman–Crippen LogP) is 3.07. The molecule has 1 amide bonds. The first kappa shape index (κ1) is 21.7. The molecule has 0 spiro atoms. The van der Waals surface area contributed by atoms with Crippen molar-refractivity contribution in [1.82, 2.24) is 9.88 Å². The molecule has 1 aromatic carbocycles. The minimum absolute atomic E-state index is 0. The van der Waals surface area contributed by atoms with E-state index in [2.05, 4.69) is 40.5 Å². The minimum atomic E-state index is -0.0431. The van der Waals surface area contributed by atoms with Gasteiger partial charge in [0.1, 0.15) is 0 Å². The third-order valence-electron chi connectivity index (χ3n) is 3.29.